The van der Waals surface area contributed by atoms with Gasteiger partial charge >= 0.3 is 11.2 Å². The van der Waals surface area contributed by atoms with Crippen LogP contribution < -0.4 is 15.4 Å². The van der Waals surface area contributed by atoms with Crippen LogP contribution in [0.5, 0.6) is 0 Å². The van der Waals surface area contributed by atoms with E-state index in [1.807, 2.05) is 34.9 Å². The summed E-state index contributed by atoms with van der Waals surface area (Å²) in [6, 6.07) is 0. The number of aromatic nitrogens is 4. The van der Waals surface area contributed by atoms with Gasteiger partial charge in [0.25, 0.3) is 0 Å². The van der Waals surface area contributed by atoms with E-state index in [4.69, 9.17) is 0 Å². The molecule has 3 heterocycles. The quantitative estimate of drug-likeness (QED) is 0.465. The van der Waals surface area contributed by atoms with Crippen LogP contribution in [0.3, 0.4) is 0 Å². The highest BCUT2D eigenvalue weighted by Gasteiger charge is 2.31. The van der Waals surface area contributed by atoms with E-state index in [0.717, 1.165) is 6.42 Å². The number of hydrogen-bond donors (Lipinski definition) is 1. The zero-order valence-corrected chi connectivity index (χ0v) is 11.7. The summed E-state index contributed by atoms with van der Waals surface area (Å²) in [5.74, 6) is 0.319. The molecule has 112 valence electrons. The number of nitrogens with zero attached hydrogens (tertiary/aromatic N) is 5. The molecule has 1 aliphatic heterocycles. The van der Waals surface area contributed by atoms with Crippen LogP contribution >= 0.6 is 0 Å². The molecule has 1 aliphatic rings. The van der Waals surface area contributed by atoms with E-state index in [-0.39, 0.29) is 5.69 Å². The fourth-order valence-electron chi connectivity index (χ4n) is 2.68. The Morgan fingerprint density at radius 3 is 2.86 bits per heavy atom. The second-order valence-electron chi connectivity index (χ2n) is 5.10. The van der Waals surface area contributed by atoms with E-state index in [2.05, 4.69) is 5.32 Å². The van der Waals surface area contributed by atoms with Gasteiger partial charge in [0.1, 0.15) is 18.9 Å². The van der Waals surface area contributed by atoms with Crippen molar-refractivity contribution in [2.75, 3.05) is 11.9 Å². The molecule has 3 rings (SSSR count). The first-order chi connectivity index (χ1) is 10.1. The van der Waals surface area contributed by atoms with Gasteiger partial charge < -0.3 is 5.32 Å². The largest absolute Gasteiger partial charge is 0.376 e. The average molecular weight is 293 g/mol. The van der Waals surface area contributed by atoms with E-state index < -0.39 is 10.5 Å². The molecule has 0 saturated carbocycles. The summed E-state index contributed by atoms with van der Waals surface area (Å²) in [5.41, 5.74) is -0.875. The molecule has 2 aromatic rings. The summed E-state index contributed by atoms with van der Waals surface area (Å²) < 4.78 is 7.01. The molecule has 1 N–H and O–H groups in total. The van der Waals surface area contributed by atoms with E-state index in [9.17, 15) is 14.9 Å². The third kappa shape index (κ3) is 2.30. The van der Waals surface area contributed by atoms with Crippen LogP contribution in [0.15, 0.2) is 23.5 Å². The number of hydrogen-bond acceptors (Lipinski definition) is 4. The van der Waals surface area contributed by atoms with Crippen molar-refractivity contribution in [3.8, 4) is 0 Å². The third-order valence-electron chi connectivity index (χ3n) is 3.62. The van der Waals surface area contributed by atoms with Gasteiger partial charge in [0.2, 0.25) is 12.1 Å². The van der Waals surface area contributed by atoms with Gasteiger partial charge in [0.05, 0.1) is 18.5 Å². The monoisotopic (exact) mass is 293 g/mol. The van der Waals surface area contributed by atoms with Gasteiger partial charge in [-0.25, -0.2) is 13.8 Å². The second kappa shape index (κ2) is 5.08. The normalized spacial score (nSPS) is 13.4. The van der Waals surface area contributed by atoms with Crippen LogP contribution in [0.2, 0.25) is 0 Å². The van der Waals surface area contributed by atoms with Crippen LogP contribution in [-0.4, -0.2) is 25.4 Å². The maximum atomic E-state index is 12.0. The number of aryl methyl sites for hydroxylation is 1. The van der Waals surface area contributed by atoms with Gasteiger partial charge in [-0.2, -0.15) is 0 Å². The van der Waals surface area contributed by atoms with E-state index in [1.54, 1.807) is 4.68 Å². The van der Waals surface area contributed by atoms with Crippen molar-refractivity contribution in [3.63, 3.8) is 0 Å². The van der Waals surface area contributed by atoms with E-state index >= 15 is 0 Å². The van der Waals surface area contributed by atoms with Crippen molar-refractivity contribution in [3.05, 3.63) is 39.2 Å². The Bertz CT molecular complexity index is 741. The Morgan fingerprint density at radius 2 is 2.19 bits per heavy atom. The molecule has 0 unspecified atom stereocenters. The number of fused-ring (bicyclic) bond motifs is 1. The van der Waals surface area contributed by atoms with Crippen molar-refractivity contribution in [2.45, 2.75) is 26.1 Å². The molecule has 2 aromatic heterocycles. The molecule has 21 heavy (non-hydrogen) atoms. The number of rotatable bonds is 5. The lowest BCUT2D eigenvalue weighted by Crippen LogP contribution is -2.24. The Hall–Kier alpha value is -2.58. The first kappa shape index (κ1) is 13.4. The van der Waals surface area contributed by atoms with Crippen LogP contribution in [-0.2, 0) is 26.7 Å². The van der Waals surface area contributed by atoms with Crippen molar-refractivity contribution in [1.29, 1.82) is 0 Å². The highest BCUT2D eigenvalue weighted by Crippen LogP contribution is 2.24. The maximum Gasteiger partial charge on any atom is 0.376 e. The van der Waals surface area contributed by atoms with Crippen molar-refractivity contribution in [1.82, 2.24) is 13.9 Å². The molecule has 9 nitrogen and oxygen atoms in total. The fourth-order valence-corrected chi connectivity index (χ4v) is 2.68. The summed E-state index contributed by atoms with van der Waals surface area (Å²) in [6.45, 7) is 2.34. The molecule has 9 heteroatoms. The standard InChI is InChI=1S/C12H16N6O3/c1-14-7-8-15(9-14)6-3-13-11-10(18(20)21)12(19)17-5-2-4-16(11)17/h7-9H,2-6H2,1H3/p+1. The molecule has 0 aliphatic carbocycles. The van der Waals surface area contributed by atoms with Gasteiger partial charge in [-0.3, -0.25) is 19.6 Å². The summed E-state index contributed by atoms with van der Waals surface area (Å²) in [7, 11) is 1.93. The SMILES string of the molecule is C[n+]1ccn(CCNc2c([N+](=O)[O-])c(=O)n3n2CCC3)c1. The predicted octanol–water partition coefficient (Wildman–Crippen LogP) is -0.300. The molecule has 0 fully saturated rings. The van der Waals surface area contributed by atoms with Gasteiger partial charge in [-0.15, -0.1) is 0 Å². The Balaban J connectivity index is 1.80. The molecule has 0 spiro atoms. The van der Waals surface area contributed by atoms with Crippen LogP contribution in [0, 0.1) is 10.1 Å². The summed E-state index contributed by atoms with van der Waals surface area (Å²) in [4.78, 5) is 22.5. The summed E-state index contributed by atoms with van der Waals surface area (Å²) in [5, 5.41) is 14.2. The van der Waals surface area contributed by atoms with Crippen molar-refractivity contribution in [2.24, 2.45) is 7.05 Å². The lowest BCUT2D eigenvalue weighted by molar-refractivity contribution is -0.671. The molecular formula is C12H17N6O3+. The zero-order valence-electron chi connectivity index (χ0n) is 11.7. The van der Waals surface area contributed by atoms with Crippen molar-refractivity contribution < 1.29 is 9.49 Å². The minimum Gasteiger partial charge on any atom is -0.360 e. The lowest BCUT2D eigenvalue weighted by atomic mass is 10.4. The lowest BCUT2D eigenvalue weighted by Gasteiger charge is -2.06. The topological polar surface area (TPSA) is 90.9 Å². The fraction of sp³-hybridized carbons (Fsp3) is 0.500. The minimum absolute atomic E-state index is 0.319. The van der Waals surface area contributed by atoms with Gasteiger partial charge in [0.15, 0.2) is 0 Å². The van der Waals surface area contributed by atoms with E-state index in [1.165, 1.54) is 4.68 Å². The molecule has 0 saturated heterocycles. The minimum atomic E-state index is -0.599. The molecule has 0 radical (unpaired) electrons. The Kier molecular flexibility index (Phi) is 3.24. The summed E-state index contributed by atoms with van der Waals surface area (Å²) >= 11 is 0. The van der Waals surface area contributed by atoms with E-state index in [0.29, 0.717) is 32.0 Å². The third-order valence-corrected chi connectivity index (χ3v) is 3.62. The smallest absolute Gasteiger partial charge is 0.360 e. The van der Waals surface area contributed by atoms with Gasteiger partial charge in [-0.05, 0) is 6.42 Å². The van der Waals surface area contributed by atoms with Crippen molar-refractivity contribution >= 4 is 11.5 Å². The molecule has 0 bridgehead atoms. The molecule has 0 amide bonds. The highest BCUT2D eigenvalue weighted by atomic mass is 16.6. The number of imidazole rings is 1. The van der Waals surface area contributed by atoms with Crippen LogP contribution in [0.4, 0.5) is 11.5 Å². The molecular weight excluding hydrogens is 276 g/mol. The van der Waals surface area contributed by atoms with Gasteiger partial charge in [0, 0.05) is 13.1 Å². The molecule has 0 atom stereocenters. The Morgan fingerprint density at radius 1 is 1.43 bits per heavy atom. The highest BCUT2D eigenvalue weighted by molar-refractivity contribution is 5.56. The van der Waals surface area contributed by atoms with Crippen LogP contribution in [0.1, 0.15) is 6.42 Å². The maximum absolute atomic E-state index is 12.0. The summed E-state index contributed by atoms with van der Waals surface area (Å²) in [6.07, 6.45) is 6.59. The second-order valence-corrected chi connectivity index (χ2v) is 5.10. The predicted molar refractivity (Wildman–Crippen MR) is 74.1 cm³/mol. The number of anilines is 1. The Labute approximate surface area is 120 Å². The average Bonchev–Trinajstić information content (AvgIpc) is 3.09. The number of nitrogens with one attached hydrogen (secondary N) is 1. The van der Waals surface area contributed by atoms with Crippen LogP contribution in [0.25, 0.3) is 0 Å². The van der Waals surface area contributed by atoms with Gasteiger partial charge in [-0.1, -0.05) is 0 Å². The number of nitro groups is 1. The first-order valence-electron chi connectivity index (χ1n) is 6.81. The first-order valence-corrected chi connectivity index (χ1v) is 6.81. The zero-order chi connectivity index (χ0) is 15.0. The molecule has 0 aromatic carbocycles.